The molecule has 0 aromatic heterocycles. The van der Waals surface area contributed by atoms with Crippen molar-refractivity contribution >= 4 is 15.7 Å². The van der Waals surface area contributed by atoms with Crippen LogP contribution in [0.1, 0.15) is 13.3 Å². The van der Waals surface area contributed by atoms with Crippen molar-refractivity contribution in [3.8, 4) is 5.75 Å². The van der Waals surface area contributed by atoms with Crippen molar-refractivity contribution in [2.75, 3.05) is 25.9 Å². The lowest BCUT2D eigenvalue weighted by Crippen LogP contribution is -2.34. The third kappa shape index (κ3) is 2.74. The molecule has 0 aliphatic carbocycles. The minimum absolute atomic E-state index is 0.164. The molecule has 0 saturated heterocycles. The molecular formula is C13H18N2O3S. The summed E-state index contributed by atoms with van der Waals surface area (Å²) in [7, 11) is -2.10. The Morgan fingerprint density at radius 1 is 1.37 bits per heavy atom. The number of sulfonamides is 1. The highest BCUT2D eigenvalue weighted by Crippen LogP contribution is 2.29. The van der Waals surface area contributed by atoms with E-state index in [2.05, 4.69) is 0 Å². The average molecular weight is 282 g/mol. The first-order chi connectivity index (χ1) is 8.95. The molecule has 2 rings (SSSR count). The SMILES string of the molecule is COc1cc(N)ccc1S(=O)(=O)N1CC=C(C)CC1. The predicted molar refractivity (Wildman–Crippen MR) is 74.5 cm³/mol. The lowest BCUT2D eigenvalue weighted by molar-refractivity contribution is 0.393. The molecule has 5 nitrogen and oxygen atoms in total. The number of benzene rings is 1. The zero-order valence-corrected chi connectivity index (χ0v) is 11.9. The number of ether oxygens (including phenoxy) is 1. The Labute approximate surface area is 113 Å². The molecule has 0 radical (unpaired) electrons. The monoisotopic (exact) mass is 282 g/mol. The van der Waals surface area contributed by atoms with Crippen LogP contribution in [0.15, 0.2) is 34.7 Å². The summed E-state index contributed by atoms with van der Waals surface area (Å²) in [6, 6.07) is 4.59. The molecule has 1 aromatic carbocycles. The number of nitrogens with zero attached hydrogens (tertiary/aromatic N) is 1. The molecule has 0 fully saturated rings. The summed E-state index contributed by atoms with van der Waals surface area (Å²) in [5.74, 6) is 0.284. The smallest absolute Gasteiger partial charge is 0.247 e. The van der Waals surface area contributed by atoms with Crippen LogP contribution in [0, 0.1) is 0 Å². The van der Waals surface area contributed by atoms with Crippen LogP contribution >= 0.6 is 0 Å². The highest BCUT2D eigenvalue weighted by molar-refractivity contribution is 7.89. The Hall–Kier alpha value is -1.53. The van der Waals surface area contributed by atoms with Crippen LogP contribution in [-0.2, 0) is 10.0 Å². The molecule has 0 unspecified atom stereocenters. The van der Waals surface area contributed by atoms with Gasteiger partial charge >= 0.3 is 0 Å². The van der Waals surface area contributed by atoms with E-state index < -0.39 is 10.0 Å². The van der Waals surface area contributed by atoms with E-state index in [-0.39, 0.29) is 10.6 Å². The first kappa shape index (κ1) is 13.9. The van der Waals surface area contributed by atoms with Gasteiger partial charge in [0.1, 0.15) is 10.6 Å². The van der Waals surface area contributed by atoms with Crippen molar-refractivity contribution in [1.29, 1.82) is 0 Å². The number of hydrogen-bond donors (Lipinski definition) is 1. The Balaban J connectivity index is 2.40. The highest BCUT2D eigenvalue weighted by Gasteiger charge is 2.28. The lowest BCUT2D eigenvalue weighted by atomic mass is 10.1. The molecule has 1 aliphatic rings. The Bertz CT molecular complexity index is 608. The van der Waals surface area contributed by atoms with Gasteiger partial charge in [-0.1, -0.05) is 11.6 Å². The molecule has 0 atom stereocenters. The largest absolute Gasteiger partial charge is 0.495 e. The van der Waals surface area contributed by atoms with Gasteiger partial charge in [0.05, 0.1) is 7.11 Å². The van der Waals surface area contributed by atoms with Crippen molar-refractivity contribution in [1.82, 2.24) is 4.31 Å². The van der Waals surface area contributed by atoms with Crippen LogP contribution in [0.2, 0.25) is 0 Å². The minimum atomic E-state index is -3.54. The molecule has 6 heteroatoms. The Morgan fingerprint density at radius 2 is 2.11 bits per heavy atom. The number of anilines is 1. The first-order valence-electron chi connectivity index (χ1n) is 6.04. The summed E-state index contributed by atoms with van der Waals surface area (Å²) in [5.41, 5.74) is 7.34. The van der Waals surface area contributed by atoms with E-state index in [0.717, 1.165) is 6.42 Å². The fourth-order valence-electron chi connectivity index (χ4n) is 2.01. The van der Waals surface area contributed by atoms with Crippen LogP contribution in [-0.4, -0.2) is 32.9 Å². The second-order valence-electron chi connectivity index (χ2n) is 4.57. The van der Waals surface area contributed by atoms with E-state index in [0.29, 0.717) is 18.8 Å². The fraction of sp³-hybridized carbons (Fsp3) is 0.385. The molecule has 19 heavy (non-hydrogen) atoms. The van der Waals surface area contributed by atoms with Crippen LogP contribution in [0.4, 0.5) is 5.69 Å². The summed E-state index contributed by atoms with van der Waals surface area (Å²) in [4.78, 5) is 0.164. The van der Waals surface area contributed by atoms with E-state index >= 15 is 0 Å². The highest BCUT2D eigenvalue weighted by atomic mass is 32.2. The van der Waals surface area contributed by atoms with E-state index in [1.165, 1.54) is 29.1 Å². The molecule has 2 N–H and O–H groups in total. The van der Waals surface area contributed by atoms with Gasteiger partial charge in [-0.3, -0.25) is 0 Å². The molecule has 104 valence electrons. The average Bonchev–Trinajstić information content (AvgIpc) is 2.38. The van der Waals surface area contributed by atoms with E-state index in [4.69, 9.17) is 10.5 Å². The third-order valence-electron chi connectivity index (χ3n) is 3.20. The molecular weight excluding hydrogens is 264 g/mol. The molecule has 0 bridgehead atoms. The van der Waals surface area contributed by atoms with Gasteiger partial charge in [-0.25, -0.2) is 8.42 Å². The number of nitrogens with two attached hydrogens (primary N) is 1. The van der Waals surface area contributed by atoms with Gasteiger partial charge in [-0.15, -0.1) is 0 Å². The van der Waals surface area contributed by atoms with Gasteiger partial charge in [-0.05, 0) is 25.5 Å². The van der Waals surface area contributed by atoms with E-state index in [9.17, 15) is 8.42 Å². The second kappa shape index (κ2) is 5.22. The summed E-state index contributed by atoms with van der Waals surface area (Å²) in [6.45, 7) is 2.91. The van der Waals surface area contributed by atoms with Crippen LogP contribution in [0.25, 0.3) is 0 Å². The standard InChI is InChI=1S/C13H18N2O3S/c1-10-5-7-15(8-6-10)19(16,17)13-4-3-11(14)9-12(13)18-2/h3-5,9H,6-8,14H2,1-2H3. The van der Waals surface area contributed by atoms with Crippen molar-refractivity contribution in [2.24, 2.45) is 0 Å². The van der Waals surface area contributed by atoms with E-state index in [1.54, 1.807) is 6.07 Å². The van der Waals surface area contributed by atoms with Gasteiger partial charge in [-0.2, -0.15) is 4.31 Å². The number of nitrogen functional groups attached to an aromatic ring is 1. The third-order valence-corrected chi connectivity index (χ3v) is 5.11. The molecule has 0 spiro atoms. The van der Waals surface area contributed by atoms with Gasteiger partial charge in [0, 0.05) is 24.8 Å². The van der Waals surface area contributed by atoms with Crippen LogP contribution < -0.4 is 10.5 Å². The van der Waals surface area contributed by atoms with Gasteiger partial charge < -0.3 is 10.5 Å². The molecule has 0 saturated carbocycles. The van der Waals surface area contributed by atoms with Crippen LogP contribution in [0.5, 0.6) is 5.75 Å². The van der Waals surface area contributed by atoms with Crippen molar-refractivity contribution in [3.05, 3.63) is 29.8 Å². The fourth-order valence-corrected chi connectivity index (χ4v) is 3.52. The topological polar surface area (TPSA) is 72.6 Å². The summed E-state index contributed by atoms with van der Waals surface area (Å²) in [5, 5.41) is 0. The van der Waals surface area contributed by atoms with Gasteiger partial charge in [0.15, 0.2) is 0 Å². The summed E-state index contributed by atoms with van der Waals surface area (Å²) < 4.78 is 31.7. The van der Waals surface area contributed by atoms with E-state index in [1.807, 2.05) is 13.0 Å². The number of rotatable bonds is 3. The van der Waals surface area contributed by atoms with Gasteiger partial charge in [0.2, 0.25) is 10.0 Å². The minimum Gasteiger partial charge on any atom is -0.495 e. The molecule has 0 amide bonds. The second-order valence-corrected chi connectivity index (χ2v) is 6.48. The maximum Gasteiger partial charge on any atom is 0.247 e. The Morgan fingerprint density at radius 3 is 2.68 bits per heavy atom. The summed E-state index contributed by atoms with van der Waals surface area (Å²) >= 11 is 0. The van der Waals surface area contributed by atoms with Gasteiger partial charge in [0.25, 0.3) is 0 Å². The van der Waals surface area contributed by atoms with Crippen LogP contribution in [0.3, 0.4) is 0 Å². The van der Waals surface area contributed by atoms with Crippen molar-refractivity contribution < 1.29 is 13.2 Å². The number of hydrogen-bond acceptors (Lipinski definition) is 4. The maximum absolute atomic E-state index is 12.6. The molecule has 1 aromatic rings. The Kier molecular flexibility index (Phi) is 3.82. The molecule has 1 aliphatic heterocycles. The molecule has 1 heterocycles. The zero-order chi connectivity index (χ0) is 14.0. The van der Waals surface area contributed by atoms with Crippen molar-refractivity contribution in [3.63, 3.8) is 0 Å². The van der Waals surface area contributed by atoms with Crippen molar-refractivity contribution in [2.45, 2.75) is 18.2 Å². The zero-order valence-electron chi connectivity index (χ0n) is 11.1. The summed E-state index contributed by atoms with van der Waals surface area (Å²) in [6.07, 6.45) is 2.70. The first-order valence-corrected chi connectivity index (χ1v) is 7.48. The quantitative estimate of drug-likeness (QED) is 0.675. The number of methoxy groups -OCH3 is 1. The predicted octanol–water partition coefficient (Wildman–Crippen LogP) is 1.62. The normalized spacial score (nSPS) is 17.1. The maximum atomic E-state index is 12.6. The lowest BCUT2D eigenvalue weighted by Gasteiger charge is -2.25.